The molecule has 1 N–H and O–H groups in total. The molecule has 0 bridgehead atoms. The second-order valence-corrected chi connectivity index (χ2v) is 8.13. The lowest BCUT2D eigenvalue weighted by atomic mass is 10.1. The fourth-order valence-corrected chi connectivity index (χ4v) is 4.43. The van der Waals surface area contributed by atoms with Crippen molar-refractivity contribution in [1.29, 1.82) is 0 Å². The Balaban J connectivity index is 1.54. The first-order valence-corrected chi connectivity index (χ1v) is 10.4. The first kappa shape index (κ1) is 18.3. The van der Waals surface area contributed by atoms with Crippen LogP contribution in [-0.2, 0) is 17.8 Å². The average Bonchev–Trinajstić information content (AvgIpc) is 3.15. The highest BCUT2D eigenvalue weighted by Gasteiger charge is 2.23. The average molecular weight is 406 g/mol. The van der Waals surface area contributed by atoms with Crippen LogP contribution in [-0.4, -0.2) is 49.7 Å². The molecule has 7 nitrogen and oxygen atoms in total. The molecule has 0 saturated carbocycles. The number of rotatable bonds is 4. The lowest BCUT2D eigenvalue weighted by molar-refractivity contribution is -0.116. The van der Waals surface area contributed by atoms with Crippen molar-refractivity contribution in [3.8, 4) is 11.4 Å². The molecule has 2 aliphatic heterocycles. The number of amides is 2. The van der Waals surface area contributed by atoms with E-state index in [4.69, 9.17) is 11.6 Å². The van der Waals surface area contributed by atoms with Gasteiger partial charge in [0.1, 0.15) is 12.4 Å². The van der Waals surface area contributed by atoms with Crippen LogP contribution in [0.3, 0.4) is 0 Å². The van der Waals surface area contributed by atoms with Crippen LogP contribution in [0.4, 0.5) is 10.5 Å². The summed E-state index contributed by atoms with van der Waals surface area (Å²) in [5.41, 5.74) is 1.38. The summed E-state index contributed by atoms with van der Waals surface area (Å²) >= 11 is 7.66. The predicted molar refractivity (Wildman–Crippen MR) is 106 cm³/mol. The van der Waals surface area contributed by atoms with Gasteiger partial charge in [-0.2, -0.15) is 0 Å². The molecular formula is C18H20ClN5O2S. The smallest absolute Gasteiger partial charge is 0.282 e. The highest BCUT2D eigenvalue weighted by molar-refractivity contribution is 8.13. The van der Waals surface area contributed by atoms with Gasteiger partial charge in [-0.25, -0.2) is 0 Å². The van der Waals surface area contributed by atoms with Crippen LogP contribution in [0.2, 0.25) is 5.02 Å². The molecule has 1 fully saturated rings. The fourth-order valence-electron chi connectivity index (χ4n) is 3.40. The van der Waals surface area contributed by atoms with Gasteiger partial charge in [0, 0.05) is 36.5 Å². The van der Waals surface area contributed by atoms with Gasteiger partial charge < -0.3 is 14.8 Å². The van der Waals surface area contributed by atoms with Gasteiger partial charge in [0.25, 0.3) is 5.24 Å². The molecule has 0 spiro atoms. The zero-order chi connectivity index (χ0) is 18.8. The topological polar surface area (TPSA) is 80.1 Å². The molecule has 0 atom stereocenters. The van der Waals surface area contributed by atoms with Crippen molar-refractivity contribution in [1.82, 2.24) is 19.7 Å². The van der Waals surface area contributed by atoms with Gasteiger partial charge in [0.05, 0.1) is 5.02 Å². The highest BCUT2D eigenvalue weighted by atomic mass is 35.5. The SMILES string of the molecule is O=C(CN1CCSC1=O)Nc1ccc(Cl)c(-c2nnc3n2CCCCC3)c1. The van der Waals surface area contributed by atoms with Crippen LogP contribution >= 0.6 is 23.4 Å². The molecule has 2 amide bonds. The summed E-state index contributed by atoms with van der Waals surface area (Å²) < 4.78 is 2.12. The quantitative estimate of drug-likeness (QED) is 0.842. The number of aromatic nitrogens is 3. The number of carbonyl (C=O) groups excluding carboxylic acids is 2. The van der Waals surface area contributed by atoms with Crippen molar-refractivity contribution in [3.63, 3.8) is 0 Å². The number of thioether (sulfide) groups is 1. The third-order valence-corrected chi connectivity index (χ3v) is 6.00. The van der Waals surface area contributed by atoms with Crippen LogP contribution in [0.15, 0.2) is 18.2 Å². The second kappa shape index (κ2) is 7.90. The second-order valence-electron chi connectivity index (χ2n) is 6.68. The standard InChI is InChI=1S/C18H20ClN5O2S/c19-14-6-5-12(20-16(25)11-23-8-9-27-18(23)26)10-13(14)17-22-21-15-4-2-1-3-7-24(15)17/h5-6,10H,1-4,7-9,11H2,(H,20,25). The number of nitrogens with zero attached hydrogens (tertiary/aromatic N) is 4. The van der Waals surface area contributed by atoms with E-state index in [9.17, 15) is 9.59 Å². The Morgan fingerprint density at radius 2 is 2.11 bits per heavy atom. The number of aryl methyl sites for hydroxylation is 1. The van der Waals surface area contributed by atoms with E-state index in [1.54, 1.807) is 17.0 Å². The van der Waals surface area contributed by atoms with Gasteiger partial charge in [0.15, 0.2) is 5.82 Å². The Hall–Kier alpha value is -2.06. The maximum atomic E-state index is 12.3. The van der Waals surface area contributed by atoms with Gasteiger partial charge >= 0.3 is 0 Å². The van der Waals surface area contributed by atoms with Crippen LogP contribution in [0.25, 0.3) is 11.4 Å². The van der Waals surface area contributed by atoms with E-state index in [0.717, 1.165) is 48.8 Å². The van der Waals surface area contributed by atoms with Crippen LogP contribution in [0.5, 0.6) is 0 Å². The molecule has 1 saturated heterocycles. The molecule has 142 valence electrons. The third kappa shape index (κ3) is 3.96. The molecule has 1 aromatic heterocycles. The van der Waals surface area contributed by atoms with E-state index >= 15 is 0 Å². The zero-order valence-corrected chi connectivity index (χ0v) is 16.4. The zero-order valence-electron chi connectivity index (χ0n) is 14.8. The van der Waals surface area contributed by atoms with Gasteiger partial charge in [-0.15, -0.1) is 10.2 Å². The lowest BCUT2D eigenvalue weighted by Gasteiger charge is -2.15. The maximum absolute atomic E-state index is 12.3. The van der Waals surface area contributed by atoms with Gasteiger partial charge in [-0.3, -0.25) is 9.59 Å². The molecule has 2 aromatic rings. The van der Waals surface area contributed by atoms with Crippen molar-refractivity contribution in [3.05, 3.63) is 29.0 Å². The van der Waals surface area contributed by atoms with Gasteiger partial charge in [-0.05, 0) is 31.0 Å². The Morgan fingerprint density at radius 3 is 2.93 bits per heavy atom. The number of hydrogen-bond acceptors (Lipinski definition) is 5. The molecule has 0 unspecified atom stereocenters. The van der Waals surface area contributed by atoms with E-state index in [1.165, 1.54) is 18.2 Å². The van der Waals surface area contributed by atoms with E-state index in [2.05, 4.69) is 20.1 Å². The summed E-state index contributed by atoms with van der Waals surface area (Å²) in [6.07, 6.45) is 4.31. The summed E-state index contributed by atoms with van der Waals surface area (Å²) in [4.78, 5) is 25.5. The highest BCUT2D eigenvalue weighted by Crippen LogP contribution is 2.31. The maximum Gasteiger partial charge on any atom is 0.282 e. The van der Waals surface area contributed by atoms with Crippen LogP contribution in [0.1, 0.15) is 25.1 Å². The van der Waals surface area contributed by atoms with Crippen molar-refractivity contribution >= 4 is 40.2 Å². The van der Waals surface area contributed by atoms with Crippen molar-refractivity contribution in [2.75, 3.05) is 24.2 Å². The van der Waals surface area contributed by atoms with E-state index < -0.39 is 0 Å². The van der Waals surface area contributed by atoms with Crippen molar-refractivity contribution in [2.45, 2.75) is 32.2 Å². The summed E-state index contributed by atoms with van der Waals surface area (Å²) in [6, 6.07) is 5.33. The molecular weight excluding hydrogens is 386 g/mol. The van der Waals surface area contributed by atoms with Crippen molar-refractivity contribution in [2.24, 2.45) is 0 Å². The Kier molecular flexibility index (Phi) is 5.36. The molecule has 0 aliphatic carbocycles. The third-order valence-electron chi connectivity index (χ3n) is 4.78. The fraction of sp³-hybridized carbons (Fsp3) is 0.444. The predicted octanol–water partition coefficient (Wildman–Crippen LogP) is 3.43. The van der Waals surface area contributed by atoms with E-state index in [-0.39, 0.29) is 17.7 Å². The monoisotopic (exact) mass is 405 g/mol. The summed E-state index contributed by atoms with van der Waals surface area (Å²) in [5, 5.41) is 12.0. The van der Waals surface area contributed by atoms with Crippen molar-refractivity contribution < 1.29 is 9.59 Å². The number of fused-ring (bicyclic) bond motifs is 1. The minimum absolute atomic E-state index is 0.0481. The van der Waals surface area contributed by atoms with E-state index in [0.29, 0.717) is 17.3 Å². The number of nitrogens with one attached hydrogen (secondary N) is 1. The summed E-state index contributed by atoms with van der Waals surface area (Å²) in [7, 11) is 0. The van der Waals surface area contributed by atoms with Crippen LogP contribution < -0.4 is 5.32 Å². The molecule has 1 aromatic carbocycles. The molecule has 9 heteroatoms. The van der Waals surface area contributed by atoms with E-state index in [1.807, 2.05) is 6.07 Å². The largest absolute Gasteiger partial charge is 0.325 e. The molecule has 4 rings (SSSR count). The minimum atomic E-state index is -0.223. The number of anilines is 1. The Labute approximate surface area is 166 Å². The first-order valence-electron chi connectivity index (χ1n) is 9.05. The first-order chi connectivity index (χ1) is 13.1. The number of benzene rings is 1. The Morgan fingerprint density at radius 1 is 1.22 bits per heavy atom. The normalized spacial score (nSPS) is 16.9. The number of halogens is 1. The minimum Gasteiger partial charge on any atom is -0.325 e. The molecule has 3 heterocycles. The van der Waals surface area contributed by atoms with Gasteiger partial charge in [-0.1, -0.05) is 29.8 Å². The summed E-state index contributed by atoms with van der Waals surface area (Å²) in [5.74, 6) is 2.23. The lowest BCUT2D eigenvalue weighted by Crippen LogP contribution is -2.33. The summed E-state index contributed by atoms with van der Waals surface area (Å²) in [6.45, 7) is 1.54. The number of hydrogen-bond donors (Lipinski definition) is 1. The van der Waals surface area contributed by atoms with Gasteiger partial charge in [0.2, 0.25) is 5.91 Å². The molecule has 27 heavy (non-hydrogen) atoms. The van der Waals surface area contributed by atoms with Crippen LogP contribution in [0, 0.1) is 0 Å². The molecule has 0 radical (unpaired) electrons. The Bertz CT molecular complexity index is 885. The number of carbonyl (C=O) groups is 2. The molecule has 2 aliphatic rings.